The molecule has 6 heteroatoms. The Labute approximate surface area is 142 Å². The minimum atomic E-state index is -0.403. The van der Waals surface area contributed by atoms with Gasteiger partial charge in [-0.05, 0) is 31.9 Å². The SMILES string of the molecule is C[C@@H](C(=O)Nc1ccccc1F)N1CCN(C[C@H]2CCCO2)CC1. The van der Waals surface area contributed by atoms with Crippen molar-refractivity contribution in [3.05, 3.63) is 30.1 Å². The molecule has 132 valence electrons. The summed E-state index contributed by atoms with van der Waals surface area (Å²) < 4.78 is 19.3. The number of hydrogen-bond acceptors (Lipinski definition) is 4. The monoisotopic (exact) mass is 335 g/mol. The van der Waals surface area contributed by atoms with E-state index in [0.717, 1.165) is 52.2 Å². The van der Waals surface area contributed by atoms with Crippen molar-refractivity contribution in [3.8, 4) is 0 Å². The lowest BCUT2D eigenvalue weighted by atomic mass is 10.2. The van der Waals surface area contributed by atoms with Gasteiger partial charge < -0.3 is 10.1 Å². The molecule has 2 aliphatic rings. The summed E-state index contributed by atoms with van der Waals surface area (Å²) in [6, 6.07) is 5.99. The van der Waals surface area contributed by atoms with Crippen molar-refractivity contribution in [1.29, 1.82) is 0 Å². The summed E-state index contributed by atoms with van der Waals surface area (Å²) in [6.45, 7) is 7.33. The summed E-state index contributed by atoms with van der Waals surface area (Å²) in [5.74, 6) is -0.563. The Balaban J connectivity index is 1.46. The van der Waals surface area contributed by atoms with Gasteiger partial charge in [0.05, 0.1) is 17.8 Å². The van der Waals surface area contributed by atoms with Gasteiger partial charge in [0.2, 0.25) is 5.91 Å². The Kier molecular flexibility index (Phi) is 5.81. The molecule has 0 aromatic heterocycles. The van der Waals surface area contributed by atoms with E-state index in [1.165, 1.54) is 6.07 Å². The fraction of sp³-hybridized carbons (Fsp3) is 0.611. The van der Waals surface area contributed by atoms with Crippen molar-refractivity contribution in [1.82, 2.24) is 9.80 Å². The lowest BCUT2D eigenvalue weighted by molar-refractivity contribution is -0.121. The summed E-state index contributed by atoms with van der Waals surface area (Å²) in [5.41, 5.74) is 0.242. The maximum absolute atomic E-state index is 13.7. The van der Waals surface area contributed by atoms with Crippen molar-refractivity contribution in [2.75, 3.05) is 44.6 Å². The summed E-state index contributed by atoms with van der Waals surface area (Å²) in [4.78, 5) is 16.9. The van der Waals surface area contributed by atoms with E-state index >= 15 is 0 Å². The zero-order valence-electron chi connectivity index (χ0n) is 14.2. The number of piperazine rings is 1. The third-order valence-corrected chi connectivity index (χ3v) is 4.95. The second kappa shape index (κ2) is 8.05. The van der Waals surface area contributed by atoms with Crippen LogP contribution in [0.3, 0.4) is 0 Å². The Hall–Kier alpha value is -1.50. The van der Waals surface area contributed by atoms with Crippen LogP contribution in [0.2, 0.25) is 0 Å². The smallest absolute Gasteiger partial charge is 0.241 e. The molecule has 0 unspecified atom stereocenters. The molecule has 2 heterocycles. The molecular formula is C18H26FN3O2. The first-order chi connectivity index (χ1) is 11.6. The Morgan fingerprint density at radius 3 is 2.75 bits per heavy atom. The first-order valence-corrected chi connectivity index (χ1v) is 8.77. The average Bonchev–Trinajstić information content (AvgIpc) is 3.10. The van der Waals surface area contributed by atoms with Gasteiger partial charge in [-0.1, -0.05) is 12.1 Å². The molecule has 1 N–H and O–H groups in total. The fourth-order valence-corrected chi connectivity index (χ4v) is 3.38. The number of para-hydroxylation sites is 1. The summed E-state index contributed by atoms with van der Waals surface area (Å²) in [5, 5.41) is 2.69. The molecule has 0 bridgehead atoms. The van der Waals surface area contributed by atoms with Gasteiger partial charge in [-0.15, -0.1) is 0 Å². The van der Waals surface area contributed by atoms with Crippen LogP contribution < -0.4 is 5.32 Å². The number of hydrogen-bond donors (Lipinski definition) is 1. The molecule has 2 saturated heterocycles. The van der Waals surface area contributed by atoms with E-state index in [1.807, 2.05) is 6.92 Å². The van der Waals surface area contributed by atoms with Crippen LogP contribution in [-0.4, -0.2) is 67.2 Å². The number of nitrogens with zero attached hydrogens (tertiary/aromatic N) is 2. The Morgan fingerprint density at radius 1 is 1.33 bits per heavy atom. The fourth-order valence-electron chi connectivity index (χ4n) is 3.38. The lowest BCUT2D eigenvalue weighted by Gasteiger charge is -2.38. The molecule has 24 heavy (non-hydrogen) atoms. The standard InChI is InChI=1S/C18H26FN3O2/c1-14(18(23)20-17-7-3-2-6-16(17)19)22-10-8-21(9-11-22)13-15-5-4-12-24-15/h2-3,6-7,14-15H,4-5,8-13H2,1H3,(H,20,23)/t14-,15+/m0/s1. The third kappa shape index (κ3) is 4.32. The van der Waals surface area contributed by atoms with Crippen LogP contribution in [0.4, 0.5) is 10.1 Å². The van der Waals surface area contributed by atoms with E-state index in [2.05, 4.69) is 15.1 Å². The number of rotatable bonds is 5. The van der Waals surface area contributed by atoms with Crippen molar-refractivity contribution >= 4 is 11.6 Å². The molecule has 1 aromatic carbocycles. The largest absolute Gasteiger partial charge is 0.377 e. The average molecular weight is 335 g/mol. The number of benzene rings is 1. The summed E-state index contributed by atoms with van der Waals surface area (Å²) in [7, 11) is 0. The molecule has 0 spiro atoms. The molecule has 0 radical (unpaired) electrons. The number of amides is 1. The highest BCUT2D eigenvalue weighted by Crippen LogP contribution is 2.16. The zero-order chi connectivity index (χ0) is 16.9. The molecule has 1 aromatic rings. The molecule has 2 aliphatic heterocycles. The zero-order valence-corrected chi connectivity index (χ0v) is 14.2. The third-order valence-electron chi connectivity index (χ3n) is 4.95. The normalized spacial score (nSPS) is 24.0. The minimum Gasteiger partial charge on any atom is -0.377 e. The van der Waals surface area contributed by atoms with Crippen LogP contribution in [0.25, 0.3) is 0 Å². The predicted molar refractivity (Wildman–Crippen MR) is 91.5 cm³/mol. The van der Waals surface area contributed by atoms with E-state index in [-0.39, 0.29) is 17.6 Å². The van der Waals surface area contributed by atoms with Crippen molar-refractivity contribution in [2.45, 2.75) is 31.9 Å². The predicted octanol–water partition coefficient (Wildman–Crippen LogP) is 1.95. The second-order valence-corrected chi connectivity index (χ2v) is 6.62. The maximum Gasteiger partial charge on any atom is 0.241 e. The first-order valence-electron chi connectivity index (χ1n) is 8.77. The molecule has 0 saturated carbocycles. The molecule has 2 atom stereocenters. The van der Waals surface area contributed by atoms with Gasteiger partial charge in [-0.3, -0.25) is 14.6 Å². The number of nitrogens with one attached hydrogen (secondary N) is 1. The Bertz CT molecular complexity index is 555. The molecule has 1 amide bonds. The van der Waals surface area contributed by atoms with Gasteiger partial charge >= 0.3 is 0 Å². The highest BCUT2D eigenvalue weighted by Gasteiger charge is 2.27. The Morgan fingerprint density at radius 2 is 2.08 bits per heavy atom. The van der Waals surface area contributed by atoms with Crippen LogP contribution in [0.15, 0.2) is 24.3 Å². The summed E-state index contributed by atoms with van der Waals surface area (Å²) >= 11 is 0. The van der Waals surface area contributed by atoms with Crippen molar-refractivity contribution < 1.29 is 13.9 Å². The van der Waals surface area contributed by atoms with Gasteiger partial charge in [0.15, 0.2) is 0 Å². The van der Waals surface area contributed by atoms with Crippen LogP contribution in [-0.2, 0) is 9.53 Å². The van der Waals surface area contributed by atoms with Crippen LogP contribution >= 0.6 is 0 Å². The van der Waals surface area contributed by atoms with Crippen molar-refractivity contribution in [3.63, 3.8) is 0 Å². The molecule has 0 aliphatic carbocycles. The number of carbonyl (C=O) groups excluding carboxylic acids is 1. The van der Waals surface area contributed by atoms with Gasteiger partial charge in [0, 0.05) is 39.3 Å². The number of halogens is 1. The number of carbonyl (C=O) groups is 1. The van der Waals surface area contributed by atoms with E-state index in [1.54, 1.807) is 18.2 Å². The molecule has 2 fully saturated rings. The molecule has 5 nitrogen and oxygen atoms in total. The number of ether oxygens (including phenoxy) is 1. The second-order valence-electron chi connectivity index (χ2n) is 6.62. The van der Waals surface area contributed by atoms with E-state index in [0.29, 0.717) is 6.10 Å². The molecule has 3 rings (SSSR count). The van der Waals surface area contributed by atoms with E-state index < -0.39 is 5.82 Å². The highest BCUT2D eigenvalue weighted by atomic mass is 19.1. The van der Waals surface area contributed by atoms with E-state index in [9.17, 15) is 9.18 Å². The van der Waals surface area contributed by atoms with Gasteiger partial charge in [0.25, 0.3) is 0 Å². The van der Waals surface area contributed by atoms with Crippen LogP contribution in [0, 0.1) is 5.82 Å². The van der Waals surface area contributed by atoms with Gasteiger partial charge in [0.1, 0.15) is 5.82 Å². The maximum atomic E-state index is 13.7. The van der Waals surface area contributed by atoms with Gasteiger partial charge in [-0.25, -0.2) is 4.39 Å². The quantitative estimate of drug-likeness (QED) is 0.893. The van der Waals surface area contributed by atoms with Crippen LogP contribution in [0.5, 0.6) is 0 Å². The van der Waals surface area contributed by atoms with Crippen LogP contribution in [0.1, 0.15) is 19.8 Å². The van der Waals surface area contributed by atoms with Crippen molar-refractivity contribution in [2.24, 2.45) is 0 Å². The lowest BCUT2D eigenvalue weighted by Crippen LogP contribution is -2.53. The summed E-state index contributed by atoms with van der Waals surface area (Å²) in [6.07, 6.45) is 2.69. The highest BCUT2D eigenvalue weighted by molar-refractivity contribution is 5.94. The first kappa shape index (κ1) is 17.3. The van der Waals surface area contributed by atoms with Gasteiger partial charge in [-0.2, -0.15) is 0 Å². The van der Waals surface area contributed by atoms with E-state index in [4.69, 9.17) is 4.74 Å². The minimum absolute atomic E-state index is 0.160. The number of anilines is 1. The topological polar surface area (TPSA) is 44.8 Å². The molecular weight excluding hydrogens is 309 g/mol.